The SMILES string of the molecule is OC1(CNc2ccc(Cl)c(C(F)(F)F)c2)CCCCCC1. The van der Waals surface area contributed by atoms with Crippen LogP contribution in [0.2, 0.25) is 5.02 Å². The number of nitrogens with one attached hydrogen (secondary N) is 1. The third kappa shape index (κ3) is 4.51. The number of hydrogen-bond acceptors (Lipinski definition) is 2. The number of alkyl halides is 3. The lowest BCUT2D eigenvalue weighted by molar-refractivity contribution is -0.137. The van der Waals surface area contributed by atoms with Crippen LogP contribution in [0.1, 0.15) is 44.1 Å². The molecule has 21 heavy (non-hydrogen) atoms. The van der Waals surface area contributed by atoms with Crippen LogP contribution in [-0.4, -0.2) is 17.3 Å². The van der Waals surface area contributed by atoms with Crippen LogP contribution in [0.25, 0.3) is 0 Å². The third-order valence-corrected chi connectivity index (χ3v) is 4.26. The number of aliphatic hydroxyl groups is 1. The molecule has 1 saturated carbocycles. The molecule has 0 unspecified atom stereocenters. The number of hydrogen-bond donors (Lipinski definition) is 2. The van der Waals surface area contributed by atoms with Crippen LogP contribution in [0.15, 0.2) is 18.2 Å². The van der Waals surface area contributed by atoms with Gasteiger partial charge in [-0.05, 0) is 31.0 Å². The number of rotatable bonds is 3. The standard InChI is InChI=1S/C15H19ClF3NO/c16-13-6-5-11(9-12(13)15(17,18)19)20-10-14(21)7-3-1-2-4-8-14/h5-6,9,20-21H,1-4,7-8,10H2. The zero-order chi connectivity index (χ0) is 15.5. The highest BCUT2D eigenvalue weighted by Gasteiger charge is 2.33. The fourth-order valence-electron chi connectivity index (χ4n) is 2.68. The largest absolute Gasteiger partial charge is 0.417 e. The van der Waals surface area contributed by atoms with E-state index in [2.05, 4.69) is 5.32 Å². The first-order chi connectivity index (χ1) is 9.80. The topological polar surface area (TPSA) is 32.3 Å². The lowest BCUT2D eigenvalue weighted by Crippen LogP contribution is -2.36. The van der Waals surface area contributed by atoms with Crippen LogP contribution in [0.4, 0.5) is 18.9 Å². The Hall–Kier alpha value is -0.940. The number of halogens is 4. The molecule has 0 aliphatic heterocycles. The Morgan fingerprint density at radius 1 is 1.14 bits per heavy atom. The molecule has 0 atom stereocenters. The molecule has 0 spiro atoms. The Labute approximate surface area is 127 Å². The summed E-state index contributed by atoms with van der Waals surface area (Å²) in [4.78, 5) is 0. The van der Waals surface area contributed by atoms with E-state index in [1.54, 1.807) is 0 Å². The highest BCUT2D eigenvalue weighted by atomic mass is 35.5. The molecular formula is C15H19ClF3NO. The van der Waals surface area contributed by atoms with Gasteiger partial charge in [-0.2, -0.15) is 13.2 Å². The minimum atomic E-state index is -4.48. The van der Waals surface area contributed by atoms with E-state index >= 15 is 0 Å². The van der Waals surface area contributed by atoms with Gasteiger partial charge in [-0.3, -0.25) is 0 Å². The van der Waals surface area contributed by atoms with Crippen LogP contribution in [0, 0.1) is 0 Å². The third-order valence-electron chi connectivity index (χ3n) is 3.93. The van der Waals surface area contributed by atoms with Crippen LogP contribution in [0.3, 0.4) is 0 Å². The molecule has 1 aromatic carbocycles. The van der Waals surface area contributed by atoms with Gasteiger partial charge in [-0.25, -0.2) is 0 Å². The van der Waals surface area contributed by atoms with E-state index in [9.17, 15) is 18.3 Å². The predicted molar refractivity (Wildman–Crippen MR) is 77.6 cm³/mol. The van der Waals surface area contributed by atoms with E-state index in [-0.39, 0.29) is 11.6 Å². The Morgan fingerprint density at radius 2 is 1.76 bits per heavy atom. The highest BCUT2D eigenvalue weighted by molar-refractivity contribution is 6.31. The van der Waals surface area contributed by atoms with Crippen molar-refractivity contribution in [3.8, 4) is 0 Å². The van der Waals surface area contributed by atoms with Crippen molar-refractivity contribution in [1.82, 2.24) is 0 Å². The van der Waals surface area contributed by atoms with Gasteiger partial charge in [0.05, 0.1) is 16.2 Å². The molecule has 0 aromatic heterocycles. The molecule has 0 bridgehead atoms. The smallest absolute Gasteiger partial charge is 0.388 e. The summed E-state index contributed by atoms with van der Waals surface area (Å²) in [6.45, 7) is 0.256. The van der Waals surface area contributed by atoms with Crippen molar-refractivity contribution >= 4 is 17.3 Å². The highest BCUT2D eigenvalue weighted by Crippen LogP contribution is 2.36. The summed E-state index contributed by atoms with van der Waals surface area (Å²) >= 11 is 5.58. The summed E-state index contributed by atoms with van der Waals surface area (Å²) in [5.41, 5.74) is -1.37. The zero-order valence-corrected chi connectivity index (χ0v) is 12.4. The van der Waals surface area contributed by atoms with E-state index in [4.69, 9.17) is 11.6 Å². The van der Waals surface area contributed by atoms with Gasteiger partial charge < -0.3 is 10.4 Å². The maximum Gasteiger partial charge on any atom is 0.417 e. The summed E-state index contributed by atoms with van der Waals surface area (Å²) in [5.74, 6) is 0. The molecule has 2 N–H and O–H groups in total. The molecule has 6 heteroatoms. The Morgan fingerprint density at radius 3 is 2.33 bits per heavy atom. The lowest BCUT2D eigenvalue weighted by Gasteiger charge is -2.27. The van der Waals surface area contributed by atoms with E-state index < -0.39 is 17.3 Å². The fourth-order valence-corrected chi connectivity index (χ4v) is 2.91. The molecule has 1 fully saturated rings. The first-order valence-corrected chi connectivity index (χ1v) is 7.51. The first kappa shape index (κ1) is 16.4. The Kier molecular flexibility index (Phi) is 5.04. The summed E-state index contributed by atoms with van der Waals surface area (Å²) in [5, 5.41) is 13.1. The molecule has 0 heterocycles. The van der Waals surface area contributed by atoms with Gasteiger partial charge in [0.15, 0.2) is 0 Å². The molecule has 0 saturated heterocycles. The summed E-state index contributed by atoms with van der Waals surface area (Å²) in [6.07, 6.45) is 0.982. The Balaban J connectivity index is 2.06. The van der Waals surface area contributed by atoms with Gasteiger partial charge >= 0.3 is 6.18 Å². The molecule has 0 radical (unpaired) electrons. The van der Waals surface area contributed by atoms with Crippen molar-refractivity contribution in [1.29, 1.82) is 0 Å². The van der Waals surface area contributed by atoms with Crippen molar-refractivity contribution < 1.29 is 18.3 Å². The second-order valence-electron chi connectivity index (χ2n) is 5.68. The molecule has 0 amide bonds. The van der Waals surface area contributed by atoms with Crippen LogP contribution in [0.5, 0.6) is 0 Å². The Bertz CT molecular complexity index is 482. The monoisotopic (exact) mass is 321 g/mol. The normalized spacial score (nSPS) is 19.1. The van der Waals surface area contributed by atoms with Gasteiger partial charge in [0.1, 0.15) is 0 Å². The van der Waals surface area contributed by atoms with Gasteiger partial charge in [0, 0.05) is 12.2 Å². The molecular weight excluding hydrogens is 303 g/mol. The molecule has 1 aliphatic rings. The second-order valence-corrected chi connectivity index (χ2v) is 6.09. The molecule has 118 valence electrons. The molecule has 1 aliphatic carbocycles. The quantitative estimate of drug-likeness (QED) is 0.779. The van der Waals surface area contributed by atoms with Gasteiger partial charge in [0.25, 0.3) is 0 Å². The van der Waals surface area contributed by atoms with E-state index in [1.165, 1.54) is 12.1 Å². The fraction of sp³-hybridized carbons (Fsp3) is 0.600. The lowest BCUT2D eigenvalue weighted by atomic mass is 9.94. The summed E-state index contributed by atoms with van der Waals surface area (Å²) in [6, 6.07) is 3.71. The molecule has 1 aromatic rings. The number of benzene rings is 1. The van der Waals surface area contributed by atoms with E-state index in [1.807, 2.05) is 0 Å². The number of anilines is 1. The predicted octanol–water partition coefficient (Wildman–Crippen LogP) is 4.86. The first-order valence-electron chi connectivity index (χ1n) is 7.13. The average molecular weight is 322 g/mol. The summed E-state index contributed by atoms with van der Waals surface area (Å²) in [7, 11) is 0. The minimum Gasteiger partial charge on any atom is -0.388 e. The van der Waals surface area contributed by atoms with Crippen LogP contribution < -0.4 is 5.32 Å². The van der Waals surface area contributed by atoms with Crippen LogP contribution in [-0.2, 0) is 6.18 Å². The maximum atomic E-state index is 12.8. The maximum absolute atomic E-state index is 12.8. The van der Waals surface area contributed by atoms with Crippen molar-refractivity contribution in [3.05, 3.63) is 28.8 Å². The van der Waals surface area contributed by atoms with Crippen molar-refractivity contribution in [2.24, 2.45) is 0 Å². The van der Waals surface area contributed by atoms with Crippen molar-refractivity contribution in [3.63, 3.8) is 0 Å². The van der Waals surface area contributed by atoms with E-state index in [0.29, 0.717) is 18.5 Å². The van der Waals surface area contributed by atoms with Crippen molar-refractivity contribution in [2.45, 2.75) is 50.3 Å². The zero-order valence-electron chi connectivity index (χ0n) is 11.6. The van der Waals surface area contributed by atoms with Gasteiger partial charge in [0.2, 0.25) is 0 Å². The second kappa shape index (κ2) is 6.44. The average Bonchev–Trinajstić information content (AvgIpc) is 2.62. The van der Waals surface area contributed by atoms with E-state index in [0.717, 1.165) is 31.7 Å². The van der Waals surface area contributed by atoms with Crippen molar-refractivity contribution in [2.75, 3.05) is 11.9 Å². The minimum absolute atomic E-state index is 0.256. The van der Waals surface area contributed by atoms with Gasteiger partial charge in [-0.15, -0.1) is 0 Å². The summed E-state index contributed by atoms with van der Waals surface area (Å²) < 4.78 is 38.4. The molecule has 2 nitrogen and oxygen atoms in total. The van der Waals surface area contributed by atoms with Gasteiger partial charge in [-0.1, -0.05) is 37.3 Å². The van der Waals surface area contributed by atoms with Crippen LogP contribution >= 0.6 is 11.6 Å². The molecule has 2 rings (SSSR count).